The molecule has 2 atom stereocenters. The summed E-state index contributed by atoms with van der Waals surface area (Å²) in [4.78, 5) is 47.8. The Morgan fingerprint density at radius 2 is 2.29 bits per heavy atom. The third-order valence-electron chi connectivity index (χ3n) is 5.55. The number of fused-ring (bicyclic) bond motifs is 2. The van der Waals surface area contributed by atoms with Gasteiger partial charge in [0, 0.05) is 28.8 Å². The van der Waals surface area contributed by atoms with E-state index in [1.54, 1.807) is 36.0 Å². The zero-order valence-corrected chi connectivity index (χ0v) is 19.8. The summed E-state index contributed by atoms with van der Waals surface area (Å²) in [5, 5.41) is 19.6. The molecule has 35 heavy (non-hydrogen) atoms. The molecule has 3 aromatic rings. The van der Waals surface area contributed by atoms with Crippen LogP contribution in [-0.2, 0) is 25.8 Å². The number of hydrogen-bond donors (Lipinski definition) is 2. The number of amides is 2. The van der Waals surface area contributed by atoms with E-state index in [1.165, 1.54) is 18.9 Å². The van der Waals surface area contributed by atoms with Crippen LogP contribution in [0.15, 0.2) is 56.9 Å². The quantitative estimate of drug-likeness (QED) is 0.178. The van der Waals surface area contributed by atoms with Crippen LogP contribution in [-0.4, -0.2) is 57.7 Å². The van der Waals surface area contributed by atoms with Gasteiger partial charge in [-0.05, 0) is 6.07 Å². The molecule has 5 rings (SSSR count). The number of anilines is 1. The molecular weight excluding hydrogens is 496 g/mol. The Labute approximate surface area is 206 Å². The Morgan fingerprint density at radius 1 is 1.46 bits per heavy atom. The van der Waals surface area contributed by atoms with Crippen molar-refractivity contribution in [3.05, 3.63) is 53.0 Å². The third-order valence-corrected chi connectivity index (χ3v) is 7.56. The summed E-state index contributed by atoms with van der Waals surface area (Å²) in [5.74, 6) is -2.38. The summed E-state index contributed by atoms with van der Waals surface area (Å²) in [6, 6.07) is 4.42. The van der Waals surface area contributed by atoms with Gasteiger partial charge in [0.1, 0.15) is 24.2 Å². The van der Waals surface area contributed by atoms with Crippen molar-refractivity contribution >= 4 is 62.8 Å². The van der Waals surface area contributed by atoms with Crippen molar-refractivity contribution in [2.45, 2.75) is 18.0 Å². The summed E-state index contributed by atoms with van der Waals surface area (Å²) in [5.41, 5.74) is 7.47. The van der Waals surface area contributed by atoms with Crippen molar-refractivity contribution in [1.29, 1.82) is 0 Å². The number of carbonyl (C=O) groups excluding carboxylic acids is 3. The van der Waals surface area contributed by atoms with Crippen LogP contribution in [0.1, 0.15) is 5.69 Å². The number of nitrogens with two attached hydrogens (primary N) is 1. The van der Waals surface area contributed by atoms with Crippen molar-refractivity contribution in [1.82, 2.24) is 15.2 Å². The minimum atomic E-state index is -1.46. The first-order valence-electron chi connectivity index (χ1n) is 10.3. The molecule has 12 nitrogen and oxygen atoms in total. The van der Waals surface area contributed by atoms with Crippen LogP contribution in [0.25, 0.3) is 11.1 Å². The van der Waals surface area contributed by atoms with Gasteiger partial charge in [-0.1, -0.05) is 5.16 Å². The molecule has 3 N–H and O–H groups in total. The maximum atomic E-state index is 13.0. The number of pyridine rings is 1. The zero-order valence-electron chi connectivity index (χ0n) is 18.2. The van der Waals surface area contributed by atoms with Crippen LogP contribution in [0.5, 0.6) is 0 Å². The van der Waals surface area contributed by atoms with E-state index in [1.807, 2.05) is 4.57 Å². The van der Waals surface area contributed by atoms with Gasteiger partial charge in [0.15, 0.2) is 29.2 Å². The van der Waals surface area contributed by atoms with Crippen LogP contribution >= 0.6 is 23.1 Å². The van der Waals surface area contributed by atoms with Crippen molar-refractivity contribution in [2.24, 2.45) is 5.16 Å². The molecule has 0 radical (unpaired) electrons. The normalized spacial score (nSPS) is 20.0. The van der Waals surface area contributed by atoms with Gasteiger partial charge in [0.05, 0.1) is 17.9 Å². The number of oxime groups is 1. The number of nitrogens with one attached hydrogen (secondary N) is 1. The standard InChI is InChI=1S/C21H18N6O6S2/c1-32-25-14(11-9-35-21(22)23-11)17(28)24-15-18(29)27-16(20(30)31)10(8-34-19(15)27)7-26-5-2-3-13-12(26)4-6-33-13/h2-6,9,15,19H,7-8H2,1H3,(H3-,22,23,24,28,30,31)/t15?,19-/m0/s1. The fourth-order valence-electron chi connectivity index (χ4n) is 4.03. The van der Waals surface area contributed by atoms with Crippen LogP contribution in [0.4, 0.5) is 5.13 Å². The SMILES string of the molecule is CON=C(C(=O)NC1C(=O)N2C(C(=O)[O-])=C(C[n+]3cccc4occc43)CS[C@@H]12)c1csc(N)n1. The highest BCUT2D eigenvalue weighted by molar-refractivity contribution is 8.00. The van der Waals surface area contributed by atoms with Gasteiger partial charge in [-0.3, -0.25) is 14.5 Å². The Balaban J connectivity index is 1.38. The molecule has 5 heterocycles. The highest BCUT2D eigenvalue weighted by Gasteiger charge is 2.53. The first kappa shape index (κ1) is 22.9. The van der Waals surface area contributed by atoms with E-state index in [4.69, 9.17) is 15.0 Å². The molecule has 1 unspecified atom stereocenters. The predicted octanol–water partition coefficient (Wildman–Crippen LogP) is -0.786. The van der Waals surface area contributed by atoms with Gasteiger partial charge in [-0.25, -0.2) is 4.98 Å². The monoisotopic (exact) mass is 514 g/mol. The van der Waals surface area contributed by atoms with Crippen molar-refractivity contribution in [2.75, 3.05) is 18.6 Å². The molecule has 2 aliphatic heterocycles. The zero-order chi connectivity index (χ0) is 24.7. The lowest BCUT2D eigenvalue weighted by Crippen LogP contribution is -2.71. The van der Waals surface area contributed by atoms with Crippen LogP contribution in [0, 0.1) is 0 Å². The summed E-state index contributed by atoms with van der Waals surface area (Å²) >= 11 is 2.47. The molecule has 0 saturated carbocycles. The van der Waals surface area contributed by atoms with Gasteiger partial charge in [-0.15, -0.1) is 23.1 Å². The minimum absolute atomic E-state index is 0.145. The Bertz CT molecular complexity index is 1410. The van der Waals surface area contributed by atoms with E-state index in [9.17, 15) is 19.5 Å². The Hall–Kier alpha value is -3.91. The number of nitrogens with zero attached hydrogens (tertiary/aromatic N) is 4. The number of aliphatic carboxylic acids is 1. The number of nitrogen functional groups attached to an aromatic ring is 1. The van der Waals surface area contributed by atoms with Crippen molar-refractivity contribution < 1.29 is 33.3 Å². The number of β-lactam (4-membered cyclic amide) rings is 1. The van der Waals surface area contributed by atoms with Gasteiger partial charge in [0.25, 0.3) is 17.3 Å². The van der Waals surface area contributed by atoms with E-state index in [0.29, 0.717) is 16.9 Å². The Morgan fingerprint density at radius 3 is 3.00 bits per heavy atom. The minimum Gasteiger partial charge on any atom is -0.543 e. The lowest BCUT2D eigenvalue weighted by atomic mass is 10.0. The first-order chi connectivity index (χ1) is 16.9. The number of thiazole rings is 1. The van der Waals surface area contributed by atoms with Crippen molar-refractivity contribution in [3.8, 4) is 0 Å². The van der Waals surface area contributed by atoms with Gasteiger partial charge >= 0.3 is 0 Å². The number of thioether (sulfide) groups is 1. The summed E-state index contributed by atoms with van der Waals surface area (Å²) in [6.07, 6.45) is 3.35. The van der Waals surface area contributed by atoms with Crippen LogP contribution < -0.4 is 20.7 Å². The topological polar surface area (TPSA) is 167 Å². The fraction of sp³-hybridized carbons (Fsp3) is 0.238. The summed E-state index contributed by atoms with van der Waals surface area (Å²) in [7, 11) is 1.27. The van der Waals surface area contributed by atoms with E-state index < -0.39 is 29.2 Å². The molecule has 1 saturated heterocycles. The highest BCUT2D eigenvalue weighted by atomic mass is 32.2. The number of carboxylic acid groups (broad SMARTS) is 1. The molecule has 180 valence electrons. The molecule has 2 amide bonds. The lowest BCUT2D eigenvalue weighted by molar-refractivity contribution is -0.663. The van der Waals surface area contributed by atoms with Crippen LogP contribution in [0.2, 0.25) is 0 Å². The molecule has 0 spiro atoms. The third kappa shape index (κ3) is 4.00. The molecule has 0 aliphatic carbocycles. The molecule has 0 aromatic carbocycles. The average molecular weight is 515 g/mol. The molecular formula is C21H18N6O6S2. The Kier molecular flexibility index (Phi) is 5.90. The number of hydrogen-bond acceptors (Lipinski definition) is 11. The number of rotatable bonds is 7. The van der Waals surface area contributed by atoms with Crippen molar-refractivity contribution in [3.63, 3.8) is 0 Å². The smallest absolute Gasteiger partial charge is 0.276 e. The fourth-order valence-corrected chi connectivity index (χ4v) is 5.91. The molecule has 14 heteroatoms. The number of carboxylic acids is 1. The average Bonchev–Trinajstić information content (AvgIpc) is 3.49. The van der Waals surface area contributed by atoms with Gasteiger partial charge in [-0.2, -0.15) is 4.57 Å². The lowest BCUT2D eigenvalue weighted by Gasteiger charge is -2.50. The molecule has 1 fully saturated rings. The number of furan rings is 1. The van der Waals surface area contributed by atoms with Crippen LogP contribution in [0.3, 0.4) is 0 Å². The predicted molar refractivity (Wildman–Crippen MR) is 124 cm³/mol. The van der Waals surface area contributed by atoms with E-state index in [-0.39, 0.29) is 28.8 Å². The maximum absolute atomic E-state index is 13.0. The van der Waals surface area contributed by atoms with Gasteiger partial charge < -0.3 is 30.2 Å². The molecule has 2 aliphatic rings. The highest BCUT2D eigenvalue weighted by Crippen LogP contribution is 2.40. The van der Waals surface area contributed by atoms with Gasteiger partial charge in [0.2, 0.25) is 0 Å². The number of aromatic nitrogens is 2. The van der Waals surface area contributed by atoms with E-state index in [0.717, 1.165) is 21.8 Å². The number of carbonyl (C=O) groups is 3. The second-order valence-electron chi connectivity index (χ2n) is 7.60. The first-order valence-corrected chi connectivity index (χ1v) is 12.2. The second kappa shape index (κ2) is 9.03. The maximum Gasteiger partial charge on any atom is 0.276 e. The largest absolute Gasteiger partial charge is 0.543 e. The second-order valence-corrected chi connectivity index (χ2v) is 9.59. The summed E-state index contributed by atoms with van der Waals surface area (Å²) in [6.45, 7) is 0.233. The summed E-state index contributed by atoms with van der Waals surface area (Å²) < 4.78 is 7.25. The molecule has 3 aromatic heterocycles. The van der Waals surface area contributed by atoms with E-state index in [2.05, 4.69) is 15.5 Å². The van der Waals surface area contributed by atoms with E-state index >= 15 is 0 Å². The molecule has 0 bridgehead atoms.